The zero-order valence-corrected chi connectivity index (χ0v) is 11.1. The van der Waals surface area contributed by atoms with Crippen molar-refractivity contribution in [1.82, 2.24) is 4.98 Å². The van der Waals surface area contributed by atoms with Gasteiger partial charge in [0.25, 0.3) is 0 Å². The van der Waals surface area contributed by atoms with E-state index in [1.54, 1.807) is 12.1 Å². The first-order chi connectivity index (χ1) is 9.72. The Morgan fingerprint density at radius 1 is 1.25 bits per heavy atom. The van der Waals surface area contributed by atoms with Gasteiger partial charge in [0.15, 0.2) is 0 Å². The summed E-state index contributed by atoms with van der Waals surface area (Å²) in [6, 6.07) is 12.6. The lowest BCUT2D eigenvalue weighted by Crippen LogP contribution is -2.05. The largest absolute Gasteiger partial charge is 0.457 e. The third-order valence-electron chi connectivity index (χ3n) is 2.79. The molecule has 0 atom stereocenters. The molecule has 1 aromatic carbocycles. The van der Waals surface area contributed by atoms with Gasteiger partial charge in [-0.15, -0.1) is 0 Å². The van der Waals surface area contributed by atoms with Crippen LogP contribution >= 0.6 is 11.6 Å². The third kappa shape index (κ3) is 2.65. The summed E-state index contributed by atoms with van der Waals surface area (Å²) in [6.45, 7) is 0.0795. The van der Waals surface area contributed by atoms with Crippen molar-refractivity contribution in [3.05, 3.63) is 65.1 Å². The van der Waals surface area contributed by atoms with Crippen molar-refractivity contribution in [2.75, 3.05) is 0 Å². The van der Waals surface area contributed by atoms with Gasteiger partial charge in [0.2, 0.25) is 0 Å². The summed E-state index contributed by atoms with van der Waals surface area (Å²) in [6.07, 6.45) is 1.38. The van der Waals surface area contributed by atoms with Gasteiger partial charge in [-0.05, 0) is 24.3 Å². The average molecular weight is 288 g/mol. The molecule has 5 heteroatoms. The highest BCUT2D eigenvalue weighted by molar-refractivity contribution is 6.29. The van der Waals surface area contributed by atoms with Gasteiger partial charge < -0.3 is 9.15 Å². The summed E-state index contributed by atoms with van der Waals surface area (Å²) < 4.78 is 10.7. The van der Waals surface area contributed by atoms with Crippen LogP contribution in [0, 0.1) is 0 Å². The van der Waals surface area contributed by atoms with E-state index in [0.717, 1.165) is 11.0 Å². The normalized spacial score (nSPS) is 10.7. The molecule has 0 saturated carbocycles. The molecule has 0 radical (unpaired) electrons. The number of rotatable bonds is 3. The maximum absolute atomic E-state index is 11.8. The molecule has 0 spiro atoms. The van der Waals surface area contributed by atoms with E-state index < -0.39 is 5.97 Å². The van der Waals surface area contributed by atoms with E-state index in [1.807, 2.05) is 30.3 Å². The Bertz CT molecular complexity index is 716. The molecule has 100 valence electrons. The van der Waals surface area contributed by atoms with Crippen molar-refractivity contribution in [3.63, 3.8) is 0 Å². The topological polar surface area (TPSA) is 52.3 Å². The van der Waals surface area contributed by atoms with Gasteiger partial charge in [-0.3, -0.25) is 0 Å². The number of furan rings is 1. The number of hydrogen-bond acceptors (Lipinski definition) is 4. The molecule has 3 aromatic rings. The Balaban J connectivity index is 1.69. The van der Waals surface area contributed by atoms with Gasteiger partial charge in [0.05, 0.1) is 5.56 Å². The summed E-state index contributed by atoms with van der Waals surface area (Å²) in [4.78, 5) is 15.6. The van der Waals surface area contributed by atoms with Crippen molar-refractivity contribution in [2.45, 2.75) is 6.61 Å². The molecule has 4 nitrogen and oxygen atoms in total. The number of pyridine rings is 1. The van der Waals surface area contributed by atoms with E-state index >= 15 is 0 Å². The Hall–Kier alpha value is -2.33. The quantitative estimate of drug-likeness (QED) is 0.542. The lowest BCUT2D eigenvalue weighted by atomic mass is 10.2. The molecule has 0 aliphatic rings. The molecule has 0 saturated heterocycles. The molecule has 0 fully saturated rings. The third-order valence-corrected chi connectivity index (χ3v) is 3.01. The fraction of sp³-hybridized carbons (Fsp3) is 0.0667. The number of benzene rings is 1. The number of halogens is 1. The number of esters is 1. The molecule has 0 amide bonds. The molecule has 0 unspecified atom stereocenters. The first kappa shape index (κ1) is 12.7. The molecule has 0 aliphatic carbocycles. The van der Waals surface area contributed by atoms with Crippen LogP contribution in [0.25, 0.3) is 11.0 Å². The fourth-order valence-electron chi connectivity index (χ4n) is 1.82. The van der Waals surface area contributed by atoms with Crippen LogP contribution < -0.4 is 0 Å². The maximum atomic E-state index is 11.8. The molecule has 3 rings (SSSR count). The zero-order chi connectivity index (χ0) is 13.9. The van der Waals surface area contributed by atoms with Crippen LogP contribution in [-0.2, 0) is 11.3 Å². The van der Waals surface area contributed by atoms with Crippen LogP contribution in [0.5, 0.6) is 0 Å². The number of carbonyl (C=O) groups is 1. The lowest BCUT2D eigenvalue weighted by molar-refractivity contribution is 0.0447. The van der Waals surface area contributed by atoms with Gasteiger partial charge in [-0.1, -0.05) is 29.8 Å². The maximum Gasteiger partial charge on any atom is 0.340 e. The highest BCUT2D eigenvalue weighted by Gasteiger charge is 2.10. The van der Waals surface area contributed by atoms with E-state index in [-0.39, 0.29) is 6.61 Å². The van der Waals surface area contributed by atoms with Crippen LogP contribution in [0.4, 0.5) is 0 Å². The van der Waals surface area contributed by atoms with Gasteiger partial charge in [0.1, 0.15) is 23.1 Å². The Kier molecular flexibility index (Phi) is 3.39. The molecular formula is C15H10ClNO3. The minimum atomic E-state index is -0.463. The van der Waals surface area contributed by atoms with Crippen molar-refractivity contribution < 1.29 is 13.9 Å². The van der Waals surface area contributed by atoms with Gasteiger partial charge >= 0.3 is 5.97 Å². The molecule has 2 aromatic heterocycles. The van der Waals surface area contributed by atoms with Crippen LogP contribution in [0.1, 0.15) is 16.1 Å². The van der Waals surface area contributed by atoms with Crippen molar-refractivity contribution in [2.24, 2.45) is 0 Å². The molecular weight excluding hydrogens is 278 g/mol. The first-order valence-corrected chi connectivity index (χ1v) is 6.36. The number of nitrogens with zero attached hydrogens (tertiary/aromatic N) is 1. The van der Waals surface area contributed by atoms with Crippen molar-refractivity contribution in [1.29, 1.82) is 0 Å². The predicted molar refractivity (Wildman–Crippen MR) is 74.6 cm³/mol. The van der Waals surface area contributed by atoms with Crippen LogP contribution in [0.2, 0.25) is 5.15 Å². The minimum absolute atomic E-state index is 0.0795. The van der Waals surface area contributed by atoms with Crippen LogP contribution in [0.15, 0.2) is 53.1 Å². The average Bonchev–Trinajstić information content (AvgIpc) is 2.88. The van der Waals surface area contributed by atoms with E-state index in [2.05, 4.69) is 4.98 Å². The predicted octanol–water partition coefficient (Wildman–Crippen LogP) is 3.84. The summed E-state index contributed by atoms with van der Waals surface area (Å²) in [7, 11) is 0. The van der Waals surface area contributed by atoms with Crippen molar-refractivity contribution in [3.8, 4) is 0 Å². The fourth-order valence-corrected chi connectivity index (χ4v) is 1.94. The Morgan fingerprint density at radius 2 is 2.10 bits per heavy atom. The smallest absolute Gasteiger partial charge is 0.340 e. The van der Waals surface area contributed by atoms with Gasteiger partial charge in [-0.25, -0.2) is 9.78 Å². The van der Waals surface area contributed by atoms with Gasteiger partial charge in [-0.2, -0.15) is 0 Å². The van der Waals surface area contributed by atoms with Crippen LogP contribution in [-0.4, -0.2) is 11.0 Å². The van der Waals surface area contributed by atoms with E-state index in [4.69, 9.17) is 20.8 Å². The van der Waals surface area contributed by atoms with E-state index in [1.165, 1.54) is 6.20 Å². The molecule has 2 heterocycles. The van der Waals surface area contributed by atoms with Crippen LogP contribution in [0.3, 0.4) is 0 Å². The highest BCUT2D eigenvalue weighted by atomic mass is 35.5. The van der Waals surface area contributed by atoms with Crippen molar-refractivity contribution >= 4 is 28.5 Å². The number of ether oxygens (including phenoxy) is 1. The number of aromatic nitrogens is 1. The molecule has 20 heavy (non-hydrogen) atoms. The SMILES string of the molecule is O=C(OCc1cc2ccccc2o1)c1ccc(Cl)nc1. The number of para-hydroxylation sites is 1. The summed E-state index contributed by atoms with van der Waals surface area (Å²) in [5.74, 6) is 0.135. The standard InChI is InChI=1S/C15H10ClNO3/c16-14-6-5-11(8-17-14)15(18)19-9-12-7-10-3-1-2-4-13(10)20-12/h1-8H,9H2. The second-order valence-corrected chi connectivity index (χ2v) is 4.58. The molecule has 0 bridgehead atoms. The summed E-state index contributed by atoms with van der Waals surface area (Å²) in [5.41, 5.74) is 1.12. The number of hydrogen-bond donors (Lipinski definition) is 0. The second-order valence-electron chi connectivity index (χ2n) is 4.20. The molecule has 0 aliphatic heterocycles. The van der Waals surface area contributed by atoms with E-state index in [9.17, 15) is 4.79 Å². The summed E-state index contributed by atoms with van der Waals surface area (Å²) in [5, 5.41) is 1.31. The zero-order valence-electron chi connectivity index (χ0n) is 10.4. The Morgan fingerprint density at radius 3 is 2.85 bits per heavy atom. The summed E-state index contributed by atoms with van der Waals surface area (Å²) >= 11 is 5.66. The lowest BCUT2D eigenvalue weighted by Gasteiger charge is -2.02. The van der Waals surface area contributed by atoms with Gasteiger partial charge in [0, 0.05) is 11.6 Å². The number of fused-ring (bicyclic) bond motifs is 1. The molecule has 0 N–H and O–H groups in total. The monoisotopic (exact) mass is 287 g/mol. The second kappa shape index (κ2) is 5.35. The highest BCUT2D eigenvalue weighted by Crippen LogP contribution is 2.19. The number of carbonyl (C=O) groups excluding carboxylic acids is 1. The first-order valence-electron chi connectivity index (χ1n) is 5.98. The Labute approximate surface area is 119 Å². The van der Waals surface area contributed by atoms with E-state index in [0.29, 0.717) is 16.5 Å². The minimum Gasteiger partial charge on any atom is -0.457 e.